The summed E-state index contributed by atoms with van der Waals surface area (Å²) in [5.74, 6) is 0.0179. The van der Waals surface area contributed by atoms with Crippen molar-refractivity contribution in [2.45, 2.75) is 39.0 Å². The lowest BCUT2D eigenvalue weighted by atomic mass is 9.77. The molecule has 0 radical (unpaired) electrons. The van der Waals surface area contributed by atoms with E-state index in [0.29, 0.717) is 38.8 Å². The second-order valence-corrected chi connectivity index (χ2v) is 6.17. The van der Waals surface area contributed by atoms with E-state index in [9.17, 15) is 14.7 Å². The molecule has 1 aliphatic rings. The number of hydrogen-bond acceptors (Lipinski definition) is 3. The molecule has 1 fully saturated rings. The van der Waals surface area contributed by atoms with Gasteiger partial charge in [0.2, 0.25) is 5.91 Å². The Balaban J connectivity index is 1.99. The number of para-hydroxylation sites is 1. The number of carbonyl (C=O) groups excluding carboxylic acids is 1. The molecule has 1 aliphatic heterocycles. The smallest absolute Gasteiger partial charge is 0.311 e. The largest absolute Gasteiger partial charge is 0.496 e. The molecule has 1 heterocycles. The maximum absolute atomic E-state index is 12.5. The van der Waals surface area contributed by atoms with Gasteiger partial charge in [0.15, 0.2) is 0 Å². The second-order valence-electron chi connectivity index (χ2n) is 6.17. The van der Waals surface area contributed by atoms with Crippen molar-refractivity contribution >= 4 is 11.9 Å². The molecule has 1 aromatic carbocycles. The number of amides is 1. The number of aliphatic carboxylic acids is 1. The Hall–Kier alpha value is -2.04. The van der Waals surface area contributed by atoms with Crippen molar-refractivity contribution in [1.29, 1.82) is 0 Å². The van der Waals surface area contributed by atoms with E-state index in [1.807, 2.05) is 31.2 Å². The van der Waals surface area contributed by atoms with E-state index in [4.69, 9.17) is 4.74 Å². The number of hydrogen-bond donors (Lipinski definition) is 1. The number of ether oxygens (including phenoxy) is 1. The fraction of sp³-hybridized carbons (Fsp3) is 0.556. The molecule has 1 aromatic rings. The van der Waals surface area contributed by atoms with Crippen LogP contribution in [0.3, 0.4) is 0 Å². The first kappa shape index (κ1) is 17.3. The summed E-state index contributed by atoms with van der Waals surface area (Å²) in [6.07, 6.45) is 2.93. The highest BCUT2D eigenvalue weighted by atomic mass is 16.5. The van der Waals surface area contributed by atoms with Gasteiger partial charge in [-0.2, -0.15) is 0 Å². The van der Waals surface area contributed by atoms with Gasteiger partial charge in [-0.25, -0.2) is 0 Å². The van der Waals surface area contributed by atoms with Gasteiger partial charge in [-0.15, -0.1) is 0 Å². The highest BCUT2D eigenvalue weighted by Gasteiger charge is 2.41. The number of nitrogens with zero attached hydrogens (tertiary/aromatic N) is 1. The van der Waals surface area contributed by atoms with E-state index in [1.54, 1.807) is 12.0 Å². The average molecular weight is 319 g/mol. The molecule has 0 aliphatic carbocycles. The molecule has 1 N–H and O–H groups in total. The molecule has 1 amide bonds. The van der Waals surface area contributed by atoms with Crippen molar-refractivity contribution in [2.75, 3.05) is 20.2 Å². The van der Waals surface area contributed by atoms with Crippen LogP contribution in [-0.4, -0.2) is 42.1 Å². The van der Waals surface area contributed by atoms with Crippen LogP contribution in [0.5, 0.6) is 5.75 Å². The molecule has 2 rings (SSSR count). The number of benzene rings is 1. The zero-order valence-electron chi connectivity index (χ0n) is 13.9. The van der Waals surface area contributed by atoms with Crippen molar-refractivity contribution < 1.29 is 19.4 Å². The van der Waals surface area contributed by atoms with Crippen molar-refractivity contribution in [3.63, 3.8) is 0 Å². The molecule has 1 saturated heterocycles. The molecule has 126 valence electrons. The minimum atomic E-state index is -0.790. The van der Waals surface area contributed by atoms with E-state index >= 15 is 0 Å². The summed E-state index contributed by atoms with van der Waals surface area (Å²) in [7, 11) is 1.62. The molecule has 23 heavy (non-hydrogen) atoms. The van der Waals surface area contributed by atoms with Crippen LogP contribution in [-0.2, 0) is 16.0 Å². The highest BCUT2D eigenvalue weighted by Crippen LogP contribution is 2.34. The molecular formula is C18H25NO4. The third-order valence-electron chi connectivity index (χ3n) is 4.86. The molecule has 0 bridgehead atoms. The summed E-state index contributed by atoms with van der Waals surface area (Å²) in [6.45, 7) is 2.86. The maximum Gasteiger partial charge on any atom is 0.311 e. The minimum Gasteiger partial charge on any atom is -0.496 e. The molecule has 0 spiro atoms. The summed E-state index contributed by atoms with van der Waals surface area (Å²) in [5.41, 5.74) is 0.221. The quantitative estimate of drug-likeness (QED) is 0.875. The molecular weight excluding hydrogens is 294 g/mol. The van der Waals surface area contributed by atoms with Crippen LogP contribution in [0, 0.1) is 5.41 Å². The number of likely N-dealkylation sites (tertiary alicyclic amines) is 1. The summed E-state index contributed by atoms with van der Waals surface area (Å²) in [6, 6.07) is 7.66. The predicted octanol–water partition coefficient (Wildman–Crippen LogP) is 2.73. The predicted molar refractivity (Wildman–Crippen MR) is 87.5 cm³/mol. The summed E-state index contributed by atoms with van der Waals surface area (Å²) in [4.78, 5) is 25.8. The summed E-state index contributed by atoms with van der Waals surface area (Å²) < 4.78 is 5.30. The lowest BCUT2D eigenvalue weighted by Gasteiger charge is -2.39. The number of carboxylic acids is 1. The lowest BCUT2D eigenvalue weighted by Crippen LogP contribution is -2.49. The van der Waals surface area contributed by atoms with Crippen LogP contribution in [0.2, 0.25) is 0 Å². The first-order chi connectivity index (χ1) is 11.0. The van der Waals surface area contributed by atoms with Crippen molar-refractivity contribution in [3.05, 3.63) is 29.8 Å². The third-order valence-corrected chi connectivity index (χ3v) is 4.86. The Labute approximate surface area is 137 Å². The topological polar surface area (TPSA) is 66.8 Å². The normalized spacial score (nSPS) is 21.0. The number of methoxy groups -OCH3 is 1. The van der Waals surface area contributed by atoms with Gasteiger partial charge < -0.3 is 14.7 Å². The molecule has 0 aromatic heterocycles. The van der Waals surface area contributed by atoms with Crippen molar-refractivity contribution in [3.8, 4) is 5.75 Å². The fourth-order valence-corrected chi connectivity index (χ4v) is 3.27. The zero-order valence-corrected chi connectivity index (χ0v) is 13.9. The third kappa shape index (κ3) is 3.84. The molecule has 5 heteroatoms. The molecule has 0 saturated carbocycles. The fourth-order valence-electron chi connectivity index (χ4n) is 3.27. The first-order valence-corrected chi connectivity index (χ1v) is 8.15. The Bertz CT molecular complexity index is 572. The van der Waals surface area contributed by atoms with Crippen LogP contribution in [0.1, 0.15) is 38.2 Å². The minimum absolute atomic E-state index is 0.0229. The van der Waals surface area contributed by atoms with Gasteiger partial charge in [-0.05, 0) is 37.3 Å². The van der Waals surface area contributed by atoms with Crippen LogP contribution in [0.25, 0.3) is 0 Å². The van der Waals surface area contributed by atoms with Crippen LogP contribution >= 0.6 is 0 Å². The van der Waals surface area contributed by atoms with Crippen LogP contribution in [0.4, 0.5) is 0 Å². The number of rotatable bonds is 6. The molecule has 5 nitrogen and oxygen atoms in total. The number of aryl methyl sites for hydroxylation is 1. The van der Waals surface area contributed by atoms with E-state index < -0.39 is 11.4 Å². The van der Waals surface area contributed by atoms with Gasteiger partial charge in [0, 0.05) is 19.5 Å². The van der Waals surface area contributed by atoms with Gasteiger partial charge >= 0.3 is 5.97 Å². The SMILES string of the molecule is CC[C@@]1(C(=O)O)CCCN(C(=O)CCc2ccccc2OC)C1. The van der Waals surface area contributed by atoms with E-state index in [2.05, 4.69) is 0 Å². The Morgan fingerprint density at radius 3 is 2.74 bits per heavy atom. The Morgan fingerprint density at radius 1 is 1.35 bits per heavy atom. The van der Waals surface area contributed by atoms with E-state index in [-0.39, 0.29) is 5.91 Å². The number of carboxylic acid groups (broad SMARTS) is 1. The highest BCUT2D eigenvalue weighted by molar-refractivity contribution is 5.80. The monoisotopic (exact) mass is 319 g/mol. The Morgan fingerprint density at radius 2 is 2.09 bits per heavy atom. The standard InChI is InChI=1S/C18H25NO4/c1-3-18(17(21)22)11-6-12-19(13-18)16(20)10-9-14-7-4-5-8-15(14)23-2/h4-5,7-8H,3,6,9-13H2,1-2H3,(H,21,22)/t18-/m1/s1. The zero-order chi connectivity index (χ0) is 16.9. The summed E-state index contributed by atoms with van der Waals surface area (Å²) in [5, 5.41) is 9.51. The molecule has 1 atom stereocenters. The van der Waals surface area contributed by atoms with E-state index in [1.165, 1.54) is 0 Å². The summed E-state index contributed by atoms with van der Waals surface area (Å²) >= 11 is 0. The van der Waals surface area contributed by atoms with Gasteiger partial charge in [0.05, 0.1) is 12.5 Å². The lowest BCUT2D eigenvalue weighted by molar-refractivity contribution is -0.155. The van der Waals surface area contributed by atoms with Gasteiger partial charge in [-0.3, -0.25) is 9.59 Å². The van der Waals surface area contributed by atoms with Gasteiger partial charge in [0.1, 0.15) is 5.75 Å². The number of carbonyl (C=O) groups is 2. The molecule has 0 unspecified atom stereocenters. The van der Waals surface area contributed by atoms with Crippen molar-refractivity contribution in [2.24, 2.45) is 5.41 Å². The maximum atomic E-state index is 12.5. The van der Waals surface area contributed by atoms with Gasteiger partial charge in [0.25, 0.3) is 0 Å². The second kappa shape index (κ2) is 7.49. The van der Waals surface area contributed by atoms with Gasteiger partial charge in [-0.1, -0.05) is 25.1 Å². The van der Waals surface area contributed by atoms with E-state index in [0.717, 1.165) is 17.7 Å². The average Bonchev–Trinajstić information content (AvgIpc) is 2.59. The Kier molecular flexibility index (Phi) is 5.64. The van der Waals surface area contributed by atoms with Crippen molar-refractivity contribution in [1.82, 2.24) is 4.90 Å². The van der Waals surface area contributed by atoms with Crippen LogP contribution < -0.4 is 4.74 Å². The first-order valence-electron chi connectivity index (χ1n) is 8.15. The number of piperidine rings is 1. The van der Waals surface area contributed by atoms with Crippen LogP contribution in [0.15, 0.2) is 24.3 Å².